The van der Waals surface area contributed by atoms with E-state index in [1.807, 2.05) is 30.0 Å². The van der Waals surface area contributed by atoms with Crippen LogP contribution in [-0.4, -0.2) is 88.2 Å². The Kier molecular flexibility index (Phi) is 9.89. The molecule has 1 N–H and O–H groups in total. The molecule has 0 bridgehead atoms. The molecule has 3 aliphatic carbocycles. The van der Waals surface area contributed by atoms with E-state index in [4.69, 9.17) is 24.1 Å². The first-order chi connectivity index (χ1) is 23.8. The highest BCUT2D eigenvalue weighted by molar-refractivity contribution is 5.94. The first kappa shape index (κ1) is 33.5. The van der Waals surface area contributed by atoms with Crippen LogP contribution in [0.15, 0.2) is 41.1 Å². The Bertz CT molecular complexity index is 1620. The number of anilines is 1. The van der Waals surface area contributed by atoms with Gasteiger partial charge in [-0.2, -0.15) is 0 Å². The number of hydrogen-bond donors (Lipinski definition) is 1. The smallest absolute Gasteiger partial charge is 0.407 e. The van der Waals surface area contributed by atoms with E-state index in [1.54, 1.807) is 24.5 Å². The molecule has 11 nitrogen and oxygen atoms in total. The minimum atomic E-state index is -0.836. The van der Waals surface area contributed by atoms with Crippen molar-refractivity contribution in [2.75, 3.05) is 45.2 Å². The third-order valence-corrected chi connectivity index (χ3v) is 11.5. The van der Waals surface area contributed by atoms with Crippen molar-refractivity contribution in [3.63, 3.8) is 0 Å². The molecule has 262 valence electrons. The number of carbonyl (C=O) groups is 2. The molecule has 1 aliphatic heterocycles. The van der Waals surface area contributed by atoms with Crippen LogP contribution in [0.25, 0.3) is 11.3 Å². The summed E-state index contributed by atoms with van der Waals surface area (Å²) in [6, 6.07) is 8.03. The molecule has 4 aliphatic rings. The monoisotopic (exact) mass is 670 g/mol. The molecular weight excluding hydrogens is 620 g/mol. The van der Waals surface area contributed by atoms with Crippen LogP contribution in [-0.2, 0) is 4.79 Å². The van der Waals surface area contributed by atoms with Gasteiger partial charge in [-0.1, -0.05) is 0 Å². The van der Waals surface area contributed by atoms with Crippen molar-refractivity contribution in [2.45, 2.75) is 89.0 Å². The van der Waals surface area contributed by atoms with Gasteiger partial charge in [0, 0.05) is 61.4 Å². The molecule has 11 heteroatoms. The first-order valence-corrected chi connectivity index (χ1v) is 18.2. The number of methoxy groups -OCH3 is 1. The van der Waals surface area contributed by atoms with Gasteiger partial charge in [0.25, 0.3) is 0 Å². The number of aromatic nitrogens is 3. The second-order valence-corrected chi connectivity index (χ2v) is 14.9. The van der Waals surface area contributed by atoms with Crippen molar-refractivity contribution < 1.29 is 23.8 Å². The van der Waals surface area contributed by atoms with Gasteiger partial charge in [0.1, 0.15) is 23.5 Å². The average molecular weight is 671 g/mol. The van der Waals surface area contributed by atoms with Crippen LogP contribution in [0.2, 0.25) is 0 Å². The quantitative estimate of drug-likeness (QED) is 0.264. The number of rotatable bonds is 9. The number of nitrogens with zero attached hydrogens (tertiary/aromatic N) is 6. The minimum Gasteiger partial charge on any atom is -0.495 e. The number of carbonyl (C=O) groups excluding carboxylic acids is 1. The lowest BCUT2D eigenvalue weighted by molar-refractivity contribution is -0.124. The van der Waals surface area contributed by atoms with Gasteiger partial charge in [0.2, 0.25) is 5.91 Å². The molecule has 4 heterocycles. The molecule has 7 rings (SSSR count). The molecule has 3 saturated carbocycles. The molecule has 0 spiro atoms. The Balaban J connectivity index is 1.07. The van der Waals surface area contributed by atoms with Gasteiger partial charge >= 0.3 is 6.09 Å². The van der Waals surface area contributed by atoms with E-state index in [0.717, 1.165) is 112 Å². The molecule has 3 aromatic rings. The largest absolute Gasteiger partial charge is 0.495 e. The molecular formula is C38H50N6O5. The van der Waals surface area contributed by atoms with Crippen molar-refractivity contribution in [3.05, 3.63) is 54.0 Å². The number of ether oxygens (including phenoxy) is 1. The van der Waals surface area contributed by atoms with E-state index in [2.05, 4.69) is 18.0 Å². The highest BCUT2D eigenvalue weighted by Crippen LogP contribution is 2.41. The minimum absolute atomic E-state index is 0.0242. The summed E-state index contributed by atoms with van der Waals surface area (Å²) in [7, 11) is 3.74. The summed E-state index contributed by atoms with van der Waals surface area (Å²) < 4.78 is 11.2. The first-order valence-electron chi connectivity index (χ1n) is 18.2. The zero-order chi connectivity index (χ0) is 34.1. The maximum Gasteiger partial charge on any atom is 0.407 e. The van der Waals surface area contributed by atoms with Crippen LogP contribution in [0.1, 0.15) is 93.3 Å². The van der Waals surface area contributed by atoms with Gasteiger partial charge in [-0.25, -0.2) is 14.8 Å². The molecule has 2 amide bonds. The Labute approximate surface area is 289 Å². The zero-order valence-corrected chi connectivity index (χ0v) is 29.1. The van der Waals surface area contributed by atoms with Crippen molar-refractivity contribution in [1.29, 1.82) is 0 Å². The summed E-state index contributed by atoms with van der Waals surface area (Å²) in [4.78, 5) is 46.8. The van der Waals surface area contributed by atoms with Gasteiger partial charge in [-0.3, -0.25) is 14.7 Å². The Morgan fingerprint density at radius 1 is 0.980 bits per heavy atom. The highest BCUT2D eigenvalue weighted by atomic mass is 16.5. The van der Waals surface area contributed by atoms with Gasteiger partial charge in [0.15, 0.2) is 5.89 Å². The summed E-state index contributed by atoms with van der Waals surface area (Å²) in [6.45, 7) is 4.66. The average Bonchev–Trinajstić information content (AvgIpc) is 3.86. The number of oxazole rings is 1. The third kappa shape index (κ3) is 7.46. The van der Waals surface area contributed by atoms with Crippen molar-refractivity contribution >= 4 is 17.8 Å². The molecule has 0 aromatic carbocycles. The number of hydrogen-bond acceptors (Lipinski definition) is 8. The third-order valence-electron chi connectivity index (χ3n) is 11.5. The maximum atomic E-state index is 14.5. The number of aryl methyl sites for hydroxylation is 1. The lowest BCUT2D eigenvalue weighted by Crippen LogP contribution is -2.57. The Morgan fingerprint density at radius 3 is 2.43 bits per heavy atom. The van der Waals surface area contributed by atoms with Crippen LogP contribution < -0.4 is 9.64 Å². The van der Waals surface area contributed by atoms with Crippen LogP contribution >= 0.6 is 0 Å². The van der Waals surface area contributed by atoms with Gasteiger partial charge in [-0.15, -0.1) is 0 Å². The lowest BCUT2D eigenvalue weighted by atomic mass is 9.76. The predicted molar refractivity (Wildman–Crippen MR) is 186 cm³/mol. The number of likely N-dealkylation sites (N-methyl/N-ethyl adjacent to an activating group) is 1. The SMILES string of the molecule is COc1ccc(C2CCC(CN(C(=O)C3CCC(C4CN(C)CCN4C(=O)O)CC3)c3cc(-c4coc(C5CC5)n4)ccn3)CC2)nc1C. The summed E-state index contributed by atoms with van der Waals surface area (Å²) in [5.41, 5.74) is 3.73. The van der Waals surface area contributed by atoms with Gasteiger partial charge in [0.05, 0.1) is 18.8 Å². The van der Waals surface area contributed by atoms with E-state index in [9.17, 15) is 14.7 Å². The molecule has 1 unspecified atom stereocenters. The second kappa shape index (κ2) is 14.5. The summed E-state index contributed by atoms with van der Waals surface area (Å²) in [5.74, 6) is 3.74. The highest BCUT2D eigenvalue weighted by Gasteiger charge is 2.39. The van der Waals surface area contributed by atoms with E-state index < -0.39 is 6.09 Å². The van der Waals surface area contributed by atoms with Gasteiger partial charge < -0.3 is 24.1 Å². The molecule has 49 heavy (non-hydrogen) atoms. The van der Waals surface area contributed by atoms with E-state index >= 15 is 0 Å². The van der Waals surface area contributed by atoms with Crippen LogP contribution in [0.4, 0.5) is 10.6 Å². The number of piperazine rings is 1. The molecule has 4 fully saturated rings. The number of pyridine rings is 2. The van der Waals surface area contributed by atoms with Crippen molar-refractivity contribution in [2.24, 2.45) is 17.8 Å². The number of carboxylic acid groups (broad SMARTS) is 1. The van der Waals surface area contributed by atoms with Crippen LogP contribution in [0.5, 0.6) is 5.75 Å². The fraction of sp³-hybridized carbons (Fsp3) is 0.605. The lowest BCUT2D eigenvalue weighted by Gasteiger charge is -2.44. The topological polar surface area (TPSA) is 125 Å². The molecule has 1 atom stereocenters. The summed E-state index contributed by atoms with van der Waals surface area (Å²) >= 11 is 0. The van der Waals surface area contributed by atoms with E-state index in [1.165, 1.54) is 0 Å². The second-order valence-electron chi connectivity index (χ2n) is 14.9. The summed E-state index contributed by atoms with van der Waals surface area (Å²) in [5, 5.41) is 9.89. The molecule has 0 radical (unpaired) electrons. The number of amides is 2. The zero-order valence-electron chi connectivity index (χ0n) is 29.1. The van der Waals surface area contributed by atoms with Crippen molar-refractivity contribution in [1.82, 2.24) is 24.8 Å². The predicted octanol–water partition coefficient (Wildman–Crippen LogP) is 6.73. The fourth-order valence-electron chi connectivity index (χ4n) is 8.44. The Morgan fingerprint density at radius 2 is 1.73 bits per heavy atom. The summed E-state index contributed by atoms with van der Waals surface area (Å²) in [6.07, 6.45) is 12.2. The Hall–Kier alpha value is -3.99. The molecule has 3 aromatic heterocycles. The van der Waals surface area contributed by atoms with Crippen LogP contribution in [0.3, 0.4) is 0 Å². The van der Waals surface area contributed by atoms with E-state index in [-0.39, 0.29) is 23.8 Å². The van der Waals surface area contributed by atoms with Gasteiger partial charge in [-0.05, 0) is 114 Å². The fourth-order valence-corrected chi connectivity index (χ4v) is 8.44. The molecule has 1 saturated heterocycles. The van der Waals surface area contributed by atoms with E-state index in [0.29, 0.717) is 36.7 Å². The standard InChI is InChI=1S/C38H50N6O5/c1-24-34(48-3)15-14-31(40-24)26-6-4-25(5-7-26)21-44(35-20-30(16-17-39-35)32-23-49-36(41-32)28-10-11-28)37(45)29-12-8-27(9-13-29)33-22-42(2)18-19-43(33)38(46)47/h14-17,20,23,25-29,33H,4-13,18-19,21-22H2,1-3H3,(H,46,47). The van der Waals surface area contributed by atoms with Crippen LogP contribution in [0, 0.1) is 24.7 Å². The normalized spacial score (nSPS) is 26.3. The van der Waals surface area contributed by atoms with Crippen molar-refractivity contribution in [3.8, 4) is 17.0 Å². The maximum absolute atomic E-state index is 14.5.